The third-order valence-corrected chi connectivity index (χ3v) is 3.78. The fourth-order valence-electron chi connectivity index (χ4n) is 2.49. The van der Waals surface area contributed by atoms with E-state index in [2.05, 4.69) is 0 Å². The van der Waals surface area contributed by atoms with E-state index >= 15 is 0 Å². The minimum Gasteiger partial charge on any atom is -0.508 e. The Kier molecular flexibility index (Phi) is 3.65. The Morgan fingerprint density at radius 2 is 2.05 bits per heavy atom. The highest BCUT2D eigenvalue weighted by Gasteiger charge is 2.44. The van der Waals surface area contributed by atoms with Crippen molar-refractivity contribution < 1.29 is 24.2 Å². The minimum absolute atomic E-state index is 0.225. The number of nitrogens with zero attached hydrogens (tertiary/aromatic N) is 1. The van der Waals surface area contributed by atoms with Gasteiger partial charge in [-0.25, -0.2) is 9.18 Å². The Bertz CT molecular complexity index is 560. The Morgan fingerprint density at radius 3 is 2.65 bits per heavy atom. The van der Waals surface area contributed by atoms with Gasteiger partial charge in [0.2, 0.25) is 0 Å². The topological polar surface area (TPSA) is 77.8 Å². The van der Waals surface area contributed by atoms with Crippen molar-refractivity contribution in [2.75, 3.05) is 6.54 Å². The van der Waals surface area contributed by atoms with Crippen LogP contribution in [0.15, 0.2) is 18.2 Å². The number of piperidine rings is 1. The van der Waals surface area contributed by atoms with E-state index in [1.54, 1.807) is 0 Å². The molecule has 1 amide bonds. The molecule has 2 rings (SSSR count). The van der Waals surface area contributed by atoms with E-state index in [0.29, 0.717) is 19.3 Å². The van der Waals surface area contributed by atoms with Crippen molar-refractivity contribution in [3.8, 4) is 5.75 Å². The molecule has 1 aromatic carbocycles. The summed E-state index contributed by atoms with van der Waals surface area (Å²) in [5.74, 6) is -2.89. The van der Waals surface area contributed by atoms with Gasteiger partial charge in [0.15, 0.2) is 0 Å². The number of phenols is 1. The second-order valence-electron chi connectivity index (χ2n) is 5.16. The van der Waals surface area contributed by atoms with Crippen molar-refractivity contribution >= 4 is 11.9 Å². The zero-order valence-electron chi connectivity index (χ0n) is 11.1. The van der Waals surface area contributed by atoms with Crippen LogP contribution >= 0.6 is 0 Å². The molecule has 1 saturated heterocycles. The highest BCUT2D eigenvalue weighted by Crippen LogP contribution is 2.30. The van der Waals surface area contributed by atoms with E-state index in [1.165, 1.54) is 24.0 Å². The van der Waals surface area contributed by atoms with Gasteiger partial charge in [0.25, 0.3) is 5.91 Å². The lowest BCUT2D eigenvalue weighted by molar-refractivity contribution is -0.150. The Balaban J connectivity index is 2.37. The number of aromatic hydroxyl groups is 1. The number of rotatable bonds is 2. The van der Waals surface area contributed by atoms with Crippen molar-refractivity contribution in [3.63, 3.8) is 0 Å². The van der Waals surface area contributed by atoms with Crippen LogP contribution in [0.3, 0.4) is 0 Å². The predicted molar refractivity (Wildman–Crippen MR) is 69.0 cm³/mol. The number of likely N-dealkylation sites (tertiary alicyclic amines) is 1. The van der Waals surface area contributed by atoms with Gasteiger partial charge in [0, 0.05) is 12.6 Å². The number of carboxylic acid groups (broad SMARTS) is 1. The average molecular weight is 281 g/mol. The maximum atomic E-state index is 13.8. The van der Waals surface area contributed by atoms with Gasteiger partial charge in [-0.3, -0.25) is 4.79 Å². The lowest BCUT2D eigenvalue weighted by Crippen LogP contribution is -2.57. The number of carbonyl (C=O) groups is 2. The first-order chi connectivity index (χ1) is 9.36. The summed E-state index contributed by atoms with van der Waals surface area (Å²) >= 11 is 0. The quantitative estimate of drug-likeness (QED) is 0.869. The molecule has 1 atom stereocenters. The molecule has 0 spiro atoms. The molecule has 0 aromatic heterocycles. The first-order valence-electron chi connectivity index (χ1n) is 6.40. The number of carbonyl (C=O) groups excluding carboxylic acids is 1. The highest BCUT2D eigenvalue weighted by molar-refractivity contribution is 5.98. The molecule has 1 aliphatic heterocycles. The summed E-state index contributed by atoms with van der Waals surface area (Å²) in [6.07, 6.45) is 1.74. The van der Waals surface area contributed by atoms with Crippen LogP contribution in [0.5, 0.6) is 5.75 Å². The van der Waals surface area contributed by atoms with Crippen LogP contribution in [-0.4, -0.2) is 39.1 Å². The van der Waals surface area contributed by atoms with E-state index < -0.39 is 23.2 Å². The second-order valence-corrected chi connectivity index (χ2v) is 5.16. The first kappa shape index (κ1) is 14.3. The van der Waals surface area contributed by atoms with Gasteiger partial charge in [-0.2, -0.15) is 0 Å². The molecule has 0 saturated carbocycles. The molecule has 0 radical (unpaired) electrons. The third-order valence-electron chi connectivity index (χ3n) is 3.78. The molecule has 6 heteroatoms. The molecule has 1 unspecified atom stereocenters. The Hall–Kier alpha value is -2.11. The molecule has 1 fully saturated rings. The number of hydrogen-bond donors (Lipinski definition) is 2. The monoisotopic (exact) mass is 281 g/mol. The molecular weight excluding hydrogens is 265 g/mol. The van der Waals surface area contributed by atoms with E-state index in [4.69, 9.17) is 5.11 Å². The predicted octanol–water partition coefficient (Wildman–Crippen LogP) is 2.00. The highest BCUT2D eigenvalue weighted by atomic mass is 19.1. The molecule has 1 heterocycles. The van der Waals surface area contributed by atoms with Gasteiger partial charge in [0.1, 0.15) is 17.1 Å². The van der Waals surface area contributed by atoms with Gasteiger partial charge in [-0.1, -0.05) is 0 Å². The van der Waals surface area contributed by atoms with Crippen LogP contribution < -0.4 is 0 Å². The molecule has 1 aliphatic rings. The minimum atomic E-state index is -1.32. The normalized spacial score (nSPS) is 22.6. The number of amides is 1. The van der Waals surface area contributed by atoms with Crippen LogP contribution in [0.4, 0.5) is 4.39 Å². The lowest BCUT2D eigenvalue weighted by Gasteiger charge is -2.41. The molecule has 108 valence electrons. The summed E-state index contributed by atoms with van der Waals surface area (Å²) in [6, 6.07) is 3.22. The van der Waals surface area contributed by atoms with Gasteiger partial charge >= 0.3 is 5.97 Å². The zero-order chi connectivity index (χ0) is 14.9. The van der Waals surface area contributed by atoms with Crippen molar-refractivity contribution in [1.82, 2.24) is 4.90 Å². The van der Waals surface area contributed by atoms with E-state index in [0.717, 1.165) is 6.07 Å². The molecule has 1 aromatic rings. The first-order valence-corrected chi connectivity index (χ1v) is 6.40. The Labute approximate surface area is 115 Å². The molecule has 0 bridgehead atoms. The Morgan fingerprint density at radius 1 is 1.35 bits per heavy atom. The summed E-state index contributed by atoms with van der Waals surface area (Å²) in [7, 11) is 0. The number of benzene rings is 1. The number of halogens is 1. The summed E-state index contributed by atoms with van der Waals surface area (Å²) in [5, 5.41) is 18.5. The summed E-state index contributed by atoms with van der Waals surface area (Å²) < 4.78 is 13.8. The number of carboxylic acids is 1. The largest absolute Gasteiger partial charge is 0.508 e. The number of hydrogen-bond acceptors (Lipinski definition) is 3. The van der Waals surface area contributed by atoms with Gasteiger partial charge in [-0.15, -0.1) is 0 Å². The van der Waals surface area contributed by atoms with E-state index in [9.17, 15) is 19.1 Å². The molecule has 20 heavy (non-hydrogen) atoms. The maximum Gasteiger partial charge on any atom is 0.329 e. The van der Waals surface area contributed by atoms with E-state index in [-0.39, 0.29) is 17.9 Å². The standard InChI is InChI=1S/C14H16FNO4/c1-14(13(19)20)6-2-3-7-16(14)12(18)10-5-4-9(17)8-11(10)15/h4-5,8,17H,2-3,6-7H2,1H3,(H,19,20). The number of phenolic OH excluding ortho intramolecular Hbond substituents is 1. The van der Waals surface area contributed by atoms with Crippen LogP contribution in [0.25, 0.3) is 0 Å². The fraction of sp³-hybridized carbons (Fsp3) is 0.429. The zero-order valence-corrected chi connectivity index (χ0v) is 11.1. The van der Waals surface area contributed by atoms with Gasteiger partial charge in [0.05, 0.1) is 5.56 Å². The SMILES string of the molecule is CC1(C(=O)O)CCCCN1C(=O)c1ccc(O)cc1F. The fourth-order valence-corrected chi connectivity index (χ4v) is 2.49. The van der Waals surface area contributed by atoms with Crippen LogP contribution in [0.2, 0.25) is 0 Å². The molecular formula is C14H16FNO4. The molecule has 0 aliphatic carbocycles. The summed E-state index contributed by atoms with van der Waals surface area (Å²) in [4.78, 5) is 25.0. The van der Waals surface area contributed by atoms with Crippen molar-refractivity contribution in [2.24, 2.45) is 0 Å². The van der Waals surface area contributed by atoms with Crippen LogP contribution in [0, 0.1) is 5.82 Å². The third kappa shape index (κ3) is 2.33. The lowest BCUT2D eigenvalue weighted by atomic mass is 9.88. The second kappa shape index (κ2) is 5.11. The summed E-state index contributed by atoms with van der Waals surface area (Å²) in [5.41, 5.74) is -1.54. The smallest absolute Gasteiger partial charge is 0.329 e. The average Bonchev–Trinajstić information content (AvgIpc) is 2.38. The number of aliphatic carboxylic acids is 1. The summed E-state index contributed by atoms with van der Waals surface area (Å²) in [6.45, 7) is 1.76. The molecule has 2 N–H and O–H groups in total. The van der Waals surface area contributed by atoms with Crippen molar-refractivity contribution in [2.45, 2.75) is 31.7 Å². The van der Waals surface area contributed by atoms with Gasteiger partial charge in [-0.05, 0) is 38.3 Å². The molecule has 5 nitrogen and oxygen atoms in total. The van der Waals surface area contributed by atoms with Crippen LogP contribution in [0.1, 0.15) is 36.5 Å². The van der Waals surface area contributed by atoms with Crippen LogP contribution in [-0.2, 0) is 4.79 Å². The van der Waals surface area contributed by atoms with Gasteiger partial charge < -0.3 is 15.1 Å². The van der Waals surface area contributed by atoms with Crippen molar-refractivity contribution in [3.05, 3.63) is 29.6 Å². The van der Waals surface area contributed by atoms with Crippen molar-refractivity contribution in [1.29, 1.82) is 0 Å². The van der Waals surface area contributed by atoms with E-state index in [1.807, 2.05) is 0 Å². The maximum absolute atomic E-state index is 13.8.